The molecule has 1 amide bonds. The van der Waals surface area contributed by atoms with Crippen molar-refractivity contribution in [2.45, 2.75) is 32.6 Å². The van der Waals surface area contributed by atoms with Gasteiger partial charge in [-0.1, -0.05) is 19.1 Å². The Balaban J connectivity index is 1.42. The van der Waals surface area contributed by atoms with Crippen molar-refractivity contribution < 1.29 is 4.79 Å². The molecule has 3 aliphatic carbocycles. The van der Waals surface area contributed by atoms with Gasteiger partial charge in [0.05, 0.1) is 0 Å². The average Bonchev–Trinajstić information content (AvgIpc) is 2.89. The number of carbonyl (C=O) groups is 1. The van der Waals surface area contributed by atoms with E-state index in [2.05, 4.69) is 24.4 Å². The van der Waals surface area contributed by atoms with Gasteiger partial charge in [-0.25, -0.2) is 0 Å². The summed E-state index contributed by atoms with van der Waals surface area (Å²) in [6.45, 7) is 2.15. The lowest BCUT2D eigenvalue weighted by Gasteiger charge is -2.10. The number of amides is 1. The first-order valence-electron chi connectivity index (χ1n) is 7.67. The van der Waals surface area contributed by atoms with Gasteiger partial charge in [-0.05, 0) is 67.1 Å². The number of carbonyl (C=O) groups excluding carboxylic acids is 1. The maximum absolute atomic E-state index is 12.4. The van der Waals surface area contributed by atoms with Crippen molar-refractivity contribution in [2.24, 2.45) is 29.6 Å². The van der Waals surface area contributed by atoms with Crippen LogP contribution in [0, 0.1) is 29.6 Å². The molecule has 2 bridgehead atoms. The first-order chi connectivity index (χ1) is 9.28. The van der Waals surface area contributed by atoms with Gasteiger partial charge >= 0.3 is 0 Å². The quantitative estimate of drug-likeness (QED) is 0.880. The molecule has 1 N–H and O–H groups in total. The van der Waals surface area contributed by atoms with Crippen molar-refractivity contribution in [3.05, 3.63) is 29.8 Å². The summed E-state index contributed by atoms with van der Waals surface area (Å²) in [5.74, 6) is 3.80. The fourth-order valence-electron chi connectivity index (χ4n) is 4.72. The molecule has 19 heavy (non-hydrogen) atoms. The van der Waals surface area contributed by atoms with Gasteiger partial charge < -0.3 is 5.32 Å². The molecule has 100 valence electrons. The summed E-state index contributed by atoms with van der Waals surface area (Å²) in [7, 11) is 0. The normalized spacial score (nSPS) is 38.1. The summed E-state index contributed by atoms with van der Waals surface area (Å²) in [6.07, 6.45) is 5.20. The third kappa shape index (κ3) is 1.73. The van der Waals surface area contributed by atoms with E-state index in [9.17, 15) is 4.79 Å². The highest BCUT2D eigenvalue weighted by molar-refractivity contribution is 5.95. The third-order valence-corrected chi connectivity index (χ3v) is 5.67. The molecule has 3 saturated carbocycles. The molecule has 0 aliphatic heterocycles. The fourth-order valence-corrected chi connectivity index (χ4v) is 4.72. The summed E-state index contributed by atoms with van der Waals surface area (Å²) in [4.78, 5) is 12.4. The van der Waals surface area contributed by atoms with E-state index in [-0.39, 0.29) is 5.91 Å². The molecule has 0 unspecified atom stereocenters. The third-order valence-electron chi connectivity index (χ3n) is 5.67. The smallest absolute Gasteiger partial charge is 0.228 e. The second kappa shape index (κ2) is 4.09. The van der Waals surface area contributed by atoms with Gasteiger partial charge in [0.1, 0.15) is 0 Å². The van der Waals surface area contributed by atoms with Crippen LogP contribution in [0.2, 0.25) is 0 Å². The van der Waals surface area contributed by atoms with Gasteiger partial charge in [-0.15, -0.1) is 0 Å². The van der Waals surface area contributed by atoms with E-state index in [0.29, 0.717) is 5.92 Å². The Hall–Kier alpha value is -1.31. The summed E-state index contributed by atoms with van der Waals surface area (Å²) >= 11 is 0. The highest BCUT2D eigenvalue weighted by Gasteiger charge is 2.67. The summed E-state index contributed by atoms with van der Waals surface area (Å²) in [6, 6.07) is 8.27. The Bertz CT molecular complexity index is 490. The standard InChI is InChI=1S/C17H21NO/c1-2-10-3-7-13(8-4-10)18-17(19)16-14-11-5-6-12(9-11)15(14)16/h3-4,7-8,11-12,14-16H,2,5-6,9H2,1H3,(H,18,19)/t11-,12-,14+,15+/m0/s1. The highest BCUT2D eigenvalue weighted by Crippen LogP contribution is 2.69. The van der Waals surface area contributed by atoms with E-state index < -0.39 is 0 Å². The molecule has 1 aromatic carbocycles. The van der Waals surface area contributed by atoms with Crippen molar-refractivity contribution in [2.75, 3.05) is 5.32 Å². The van der Waals surface area contributed by atoms with Crippen molar-refractivity contribution in [1.29, 1.82) is 0 Å². The minimum Gasteiger partial charge on any atom is -0.326 e. The lowest BCUT2D eigenvalue weighted by Crippen LogP contribution is -2.18. The van der Waals surface area contributed by atoms with Crippen LogP contribution in [0.1, 0.15) is 31.7 Å². The number of hydrogen-bond donors (Lipinski definition) is 1. The number of hydrogen-bond acceptors (Lipinski definition) is 1. The van der Waals surface area contributed by atoms with Gasteiger partial charge in [0.2, 0.25) is 5.91 Å². The van der Waals surface area contributed by atoms with Crippen molar-refractivity contribution in [3.63, 3.8) is 0 Å². The minimum absolute atomic E-state index is 0.274. The van der Waals surface area contributed by atoms with Crippen LogP contribution < -0.4 is 5.32 Å². The Morgan fingerprint density at radius 3 is 2.37 bits per heavy atom. The number of fused-ring (bicyclic) bond motifs is 5. The van der Waals surface area contributed by atoms with Gasteiger partial charge in [0.25, 0.3) is 0 Å². The van der Waals surface area contributed by atoms with E-state index in [1.165, 1.54) is 24.8 Å². The zero-order valence-corrected chi connectivity index (χ0v) is 11.4. The molecule has 0 radical (unpaired) electrons. The monoisotopic (exact) mass is 255 g/mol. The maximum Gasteiger partial charge on any atom is 0.228 e. The van der Waals surface area contributed by atoms with E-state index >= 15 is 0 Å². The van der Waals surface area contributed by atoms with Gasteiger partial charge in [-0.3, -0.25) is 4.79 Å². The molecule has 0 spiro atoms. The Labute approximate surface area is 114 Å². The van der Waals surface area contributed by atoms with Crippen LogP contribution in [0.5, 0.6) is 0 Å². The molecule has 0 heterocycles. The van der Waals surface area contributed by atoms with Crippen molar-refractivity contribution in [1.82, 2.24) is 0 Å². The van der Waals surface area contributed by atoms with Gasteiger partial charge in [-0.2, -0.15) is 0 Å². The zero-order valence-electron chi connectivity index (χ0n) is 11.4. The highest BCUT2D eigenvalue weighted by atomic mass is 16.2. The van der Waals surface area contributed by atoms with Gasteiger partial charge in [0, 0.05) is 11.6 Å². The van der Waals surface area contributed by atoms with Crippen LogP contribution in [0.25, 0.3) is 0 Å². The zero-order chi connectivity index (χ0) is 13.0. The predicted octanol–water partition coefficient (Wildman–Crippen LogP) is 3.48. The van der Waals surface area contributed by atoms with Crippen LogP contribution in [-0.2, 0) is 11.2 Å². The summed E-state index contributed by atoms with van der Waals surface area (Å²) in [5.41, 5.74) is 2.28. The molecule has 2 nitrogen and oxygen atoms in total. The first-order valence-corrected chi connectivity index (χ1v) is 7.67. The molecular formula is C17H21NO. The molecule has 0 saturated heterocycles. The minimum atomic E-state index is 0.274. The number of benzene rings is 1. The molecule has 2 heteroatoms. The predicted molar refractivity (Wildman–Crippen MR) is 75.8 cm³/mol. The lowest BCUT2D eigenvalue weighted by atomic mass is 10.0. The number of aryl methyl sites for hydroxylation is 1. The SMILES string of the molecule is CCc1ccc(NC(=O)C2[C@@H]3[C@H]4CC[C@@H](C4)[C@@H]23)cc1. The molecular weight excluding hydrogens is 234 g/mol. The van der Waals surface area contributed by atoms with Crippen molar-refractivity contribution in [3.8, 4) is 0 Å². The van der Waals surface area contributed by atoms with Crippen LogP contribution >= 0.6 is 0 Å². The number of nitrogens with one attached hydrogen (secondary N) is 1. The number of rotatable bonds is 3. The lowest BCUT2D eigenvalue weighted by molar-refractivity contribution is -0.118. The molecule has 4 atom stereocenters. The van der Waals surface area contributed by atoms with Crippen molar-refractivity contribution >= 4 is 11.6 Å². The molecule has 3 fully saturated rings. The summed E-state index contributed by atoms with van der Waals surface area (Å²) in [5, 5.41) is 3.11. The largest absolute Gasteiger partial charge is 0.326 e. The Kier molecular flexibility index (Phi) is 2.48. The molecule has 1 aromatic rings. The second-order valence-electron chi connectivity index (χ2n) is 6.55. The average molecular weight is 255 g/mol. The van der Waals surface area contributed by atoms with Crippen LogP contribution in [0.4, 0.5) is 5.69 Å². The second-order valence-corrected chi connectivity index (χ2v) is 6.55. The van der Waals surface area contributed by atoms with E-state index in [4.69, 9.17) is 0 Å². The fraction of sp³-hybridized carbons (Fsp3) is 0.588. The van der Waals surface area contributed by atoms with Crippen LogP contribution in [0.3, 0.4) is 0 Å². The molecule has 0 aromatic heterocycles. The Morgan fingerprint density at radius 2 is 1.79 bits per heavy atom. The number of anilines is 1. The van der Waals surface area contributed by atoms with E-state index in [1.807, 2.05) is 12.1 Å². The van der Waals surface area contributed by atoms with E-state index in [1.54, 1.807) is 0 Å². The van der Waals surface area contributed by atoms with Crippen LogP contribution in [0.15, 0.2) is 24.3 Å². The maximum atomic E-state index is 12.4. The summed E-state index contributed by atoms with van der Waals surface area (Å²) < 4.78 is 0. The molecule has 4 rings (SSSR count). The van der Waals surface area contributed by atoms with E-state index in [0.717, 1.165) is 35.8 Å². The van der Waals surface area contributed by atoms with Gasteiger partial charge in [0.15, 0.2) is 0 Å². The van der Waals surface area contributed by atoms with Crippen LogP contribution in [-0.4, -0.2) is 5.91 Å². The Morgan fingerprint density at radius 1 is 1.16 bits per heavy atom. The first kappa shape index (κ1) is 11.5. The topological polar surface area (TPSA) is 29.1 Å². The molecule has 3 aliphatic rings.